The molecule has 3 heteroatoms. The van der Waals surface area contributed by atoms with E-state index in [0.29, 0.717) is 0 Å². The number of piperidine rings is 2. The van der Waals surface area contributed by atoms with Gasteiger partial charge in [-0.3, -0.25) is 0 Å². The van der Waals surface area contributed by atoms with E-state index in [1.807, 2.05) is 7.11 Å². The fraction of sp³-hybridized carbons (Fsp3) is 1.00. The zero-order valence-corrected chi connectivity index (χ0v) is 10.8. The van der Waals surface area contributed by atoms with Gasteiger partial charge in [0.15, 0.2) is 0 Å². The molecule has 2 unspecified atom stereocenters. The number of rotatable bonds is 3. The third-order valence-electron chi connectivity index (χ3n) is 4.33. The predicted molar refractivity (Wildman–Crippen MR) is 66.7 cm³/mol. The molecule has 2 fully saturated rings. The van der Waals surface area contributed by atoms with E-state index < -0.39 is 0 Å². The smallest absolute Gasteiger partial charge is 0.0647 e. The van der Waals surface area contributed by atoms with Crippen molar-refractivity contribution in [2.75, 3.05) is 40.4 Å². The Morgan fingerprint density at radius 2 is 2.25 bits per heavy atom. The molecule has 2 atom stereocenters. The van der Waals surface area contributed by atoms with Gasteiger partial charge < -0.3 is 15.0 Å². The number of nitrogens with one attached hydrogen (secondary N) is 1. The van der Waals surface area contributed by atoms with Gasteiger partial charge in [0.2, 0.25) is 0 Å². The van der Waals surface area contributed by atoms with Crippen molar-refractivity contribution in [2.45, 2.75) is 37.6 Å². The van der Waals surface area contributed by atoms with Gasteiger partial charge in [0.05, 0.1) is 6.61 Å². The quantitative estimate of drug-likeness (QED) is 0.789. The predicted octanol–water partition coefficient (Wildman–Crippen LogP) is 1.49. The van der Waals surface area contributed by atoms with Gasteiger partial charge in [-0.15, -0.1) is 0 Å². The molecule has 0 bridgehead atoms. The van der Waals surface area contributed by atoms with Crippen molar-refractivity contribution >= 4 is 0 Å². The molecule has 0 aromatic heterocycles. The first-order chi connectivity index (χ1) is 7.77. The summed E-state index contributed by atoms with van der Waals surface area (Å²) < 4.78 is 5.49. The highest BCUT2D eigenvalue weighted by Crippen LogP contribution is 2.33. The van der Waals surface area contributed by atoms with Crippen LogP contribution in [0.2, 0.25) is 0 Å². The van der Waals surface area contributed by atoms with E-state index in [1.165, 1.54) is 51.7 Å². The number of nitrogens with zero attached hydrogens (tertiary/aromatic N) is 1. The van der Waals surface area contributed by atoms with Crippen molar-refractivity contribution < 1.29 is 4.74 Å². The van der Waals surface area contributed by atoms with E-state index in [1.54, 1.807) is 0 Å². The van der Waals surface area contributed by atoms with E-state index in [0.717, 1.165) is 12.5 Å². The van der Waals surface area contributed by atoms with Crippen molar-refractivity contribution in [3.63, 3.8) is 0 Å². The third-order valence-corrected chi connectivity index (χ3v) is 4.33. The number of methoxy groups -OCH3 is 1. The van der Waals surface area contributed by atoms with Crippen molar-refractivity contribution in [3.05, 3.63) is 0 Å². The number of hydrogen-bond acceptors (Lipinski definition) is 3. The molecule has 0 aliphatic carbocycles. The summed E-state index contributed by atoms with van der Waals surface area (Å²) in [6.45, 7) is 4.55. The molecule has 0 aromatic rings. The molecule has 0 aromatic carbocycles. The minimum Gasteiger partial charge on any atom is -0.383 e. The van der Waals surface area contributed by atoms with Crippen molar-refractivity contribution in [1.82, 2.24) is 10.2 Å². The van der Waals surface area contributed by atoms with Crippen molar-refractivity contribution in [3.8, 4) is 0 Å². The highest BCUT2D eigenvalue weighted by atomic mass is 16.5. The Morgan fingerprint density at radius 3 is 2.88 bits per heavy atom. The molecule has 2 aliphatic rings. The molecule has 0 radical (unpaired) electrons. The van der Waals surface area contributed by atoms with Gasteiger partial charge in [0, 0.05) is 19.2 Å². The topological polar surface area (TPSA) is 24.5 Å². The normalized spacial score (nSPS) is 37.5. The first-order valence-electron chi connectivity index (χ1n) is 6.69. The molecule has 0 amide bonds. The summed E-state index contributed by atoms with van der Waals surface area (Å²) in [5, 5.41) is 3.77. The summed E-state index contributed by atoms with van der Waals surface area (Å²) in [6.07, 6.45) is 6.68. The van der Waals surface area contributed by atoms with Gasteiger partial charge >= 0.3 is 0 Å². The van der Waals surface area contributed by atoms with Gasteiger partial charge in [-0.25, -0.2) is 0 Å². The Balaban J connectivity index is 2.04. The Hall–Kier alpha value is -0.120. The maximum Gasteiger partial charge on any atom is 0.0647 e. The molecule has 3 nitrogen and oxygen atoms in total. The van der Waals surface area contributed by atoms with E-state index in [9.17, 15) is 0 Å². The summed E-state index contributed by atoms with van der Waals surface area (Å²) >= 11 is 0. The van der Waals surface area contributed by atoms with Gasteiger partial charge in [0.25, 0.3) is 0 Å². The average molecular weight is 226 g/mol. The molecule has 16 heavy (non-hydrogen) atoms. The lowest BCUT2D eigenvalue weighted by Gasteiger charge is -2.47. The molecule has 0 spiro atoms. The monoisotopic (exact) mass is 226 g/mol. The fourth-order valence-electron chi connectivity index (χ4n) is 3.46. The molecule has 94 valence electrons. The molecule has 0 saturated carbocycles. The molecular weight excluding hydrogens is 200 g/mol. The van der Waals surface area contributed by atoms with Crippen LogP contribution >= 0.6 is 0 Å². The largest absolute Gasteiger partial charge is 0.383 e. The van der Waals surface area contributed by atoms with Crippen LogP contribution in [0.5, 0.6) is 0 Å². The summed E-state index contributed by atoms with van der Waals surface area (Å²) in [4.78, 5) is 2.47. The molecule has 2 heterocycles. The van der Waals surface area contributed by atoms with Crippen LogP contribution in [0, 0.1) is 5.92 Å². The van der Waals surface area contributed by atoms with Crippen LogP contribution in [-0.4, -0.2) is 50.8 Å². The van der Waals surface area contributed by atoms with Crippen molar-refractivity contribution in [2.24, 2.45) is 5.92 Å². The summed E-state index contributed by atoms with van der Waals surface area (Å²) in [6, 6.07) is 0. The molecule has 2 aliphatic heterocycles. The van der Waals surface area contributed by atoms with Crippen LogP contribution in [-0.2, 0) is 4.74 Å². The van der Waals surface area contributed by atoms with E-state index >= 15 is 0 Å². The standard InChI is InChI=1S/C13H26N2O/c1-15-9-5-6-12(10-15)13(11-16-2)7-3-4-8-14-13/h12,14H,3-11H2,1-2H3. The van der Waals surface area contributed by atoms with E-state index in [4.69, 9.17) is 4.74 Å². The van der Waals surface area contributed by atoms with Gasteiger partial charge in [-0.1, -0.05) is 6.42 Å². The number of ether oxygens (including phenoxy) is 1. The highest BCUT2D eigenvalue weighted by molar-refractivity contribution is 4.98. The zero-order chi connectivity index (χ0) is 11.4. The lowest BCUT2D eigenvalue weighted by molar-refractivity contribution is 0.0194. The Bertz CT molecular complexity index is 208. The average Bonchev–Trinajstić information content (AvgIpc) is 2.31. The molecule has 1 N–H and O–H groups in total. The van der Waals surface area contributed by atoms with Crippen molar-refractivity contribution in [1.29, 1.82) is 0 Å². The number of hydrogen-bond donors (Lipinski definition) is 1. The van der Waals surface area contributed by atoms with Crippen LogP contribution in [0.4, 0.5) is 0 Å². The second-order valence-electron chi connectivity index (χ2n) is 5.57. The number of likely N-dealkylation sites (tertiary alicyclic amines) is 1. The first-order valence-corrected chi connectivity index (χ1v) is 6.69. The Labute approximate surface area is 99.5 Å². The Kier molecular flexibility index (Phi) is 4.22. The fourth-order valence-corrected chi connectivity index (χ4v) is 3.46. The van der Waals surface area contributed by atoms with Gasteiger partial charge in [-0.05, 0) is 51.7 Å². The summed E-state index contributed by atoms with van der Waals surface area (Å²) in [5.74, 6) is 0.770. The van der Waals surface area contributed by atoms with Gasteiger partial charge in [-0.2, -0.15) is 0 Å². The van der Waals surface area contributed by atoms with Crippen LogP contribution < -0.4 is 5.32 Å². The highest BCUT2D eigenvalue weighted by Gasteiger charge is 2.40. The van der Waals surface area contributed by atoms with E-state index in [2.05, 4.69) is 17.3 Å². The zero-order valence-electron chi connectivity index (χ0n) is 10.8. The minimum absolute atomic E-state index is 0.266. The SMILES string of the molecule is COCC1(C2CCCN(C)C2)CCCCN1. The summed E-state index contributed by atoms with van der Waals surface area (Å²) in [5.41, 5.74) is 0.266. The maximum absolute atomic E-state index is 5.49. The molecule has 2 saturated heterocycles. The lowest BCUT2D eigenvalue weighted by Crippen LogP contribution is -2.60. The second kappa shape index (κ2) is 5.48. The molecular formula is C13H26N2O. The van der Waals surface area contributed by atoms with Crippen LogP contribution in [0.1, 0.15) is 32.1 Å². The maximum atomic E-state index is 5.49. The second-order valence-corrected chi connectivity index (χ2v) is 5.57. The van der Waals surface area contributed by atoms with Crippen LogP contribution in [0.25, 0.3) is 0 Å². The molecule has 2 rings (SSSR count). The lowest BCUT2D eigenvalue weighted by atomic mass is 9.74. The Morgan fingerprint density at radius 1 is 1.38 bits per heavy atom. The first kappa shape index (κ1) is 12.3. The minimum atomic E-state index is 0.266. The third kappa shape index (κ3) is 2.58. The van der Waals surface area contributed by atoms with Crippen LogP contribution in [0.3, 0.4) is 0 Å². The van der Waals surface area contributed by atoms with Gasteiger partial charge in [0.1, 0.15) is 0 Å². The van der Waals surface area contributed by atoms with Crippen LogP contribution in [0.15, 0.2) is 0 Å². The summed E-state index contributed by atoms with van der Waals surface area (Å²) in [7, 11) is 4.08. The van der Waals surface area contributed by atoms with E-state index in [-0.39, 0.29) is 5.54 Å².